The van der Waals surface area contributed by atoms with Gasteiger partial charge in [0.1, 0.15) is 17.7 Å². The zero-order valence-corrected chi connectivity index (χ0v) is 18.6. The van der Waals surface area contributed by atoms with Gasteiger partial charge >= 0.3 is 12.0 Å². The van der Waals surface area contributed by atoms with Crippen molar-refractivity contribution in [3.63, 3.8) is 0 Å². The summed E-state index contributed by atoms with van der Waals surface area (Å²) in [4.78, 5) is 26.6. The molecular weight excluding hydrogens is 470 g/mol. The summed E-state index contributed by atoms with van der Waals surface area (Å²) in [6, 6.07) is 8.28. The van der Waals surface area contributed by atoms with Crippen LogP contribution in [0.15, 0.2) is 42.7 Å². The van der Waals surface area contributed by atoms with Gasteiger partial charge in [-0.2, -0.15) is 0 Å². The molecular formula is C23H17Cl2FN4O3. The maximum atomic E-state index is 14.9. The molecule has 0 bridgehead atoms. The Labute approximate surface area is 197 Å². The second kappa shape index (κ2) is 8.61. The first kappa shape index (κ1) is 21.6. The smallest absolute Gasteiger partial charge is 0.316 e. The fourth-order valence-electron chi connectivity index (χ4n) is 3.88. The average molecular weight is 487 g/mol. The van der Waals surface area contributed by atoms with Crippen LogP contribution in [0, 0.1) is 11.7 Å². The first-order chi connectivity index (χ1) is 15.9. The Morgan fingerprint density at radius 1 is 1.12 bits per heavy atom. The number of carbonyl (C=O) groups is 1. The van der Waals surface area contributed by atoms with Crippen LogP contribution in [0.2, 0.25) is 10.0 Å². The van der Waals surface area contributed by atoms with Crippen LogP contribution < -0.4 is 4.74 Å². The van der Waals surface area contributed by atoms with Crippen molar-refractivity contribution in [2.45, 2.75) is 25.4 Å². The molecule has 5 rings (SSSR count). The largest absolute Gasteiger partial charge is 0.481 e. The Kier molecular flexibility index (Phi) is 5.64. The molecule has 2 aromatic heterocycles. The van der Waals surface area contributed by atoms with E-state index in [9.17, 15) is 9.18 Å². The lowest BCUT2D eigenvalue weighted by molar-refractivity contribution is -0.139. The van der Waals surface area contributed by atoms with Crippen molar-refractivity contribution in [1.82, 2.24) is 19.9 Å². The van der Waals surface area contributed by atoms with Crippen molar-refractivity contribution in [2.24, 2.45) is 5.92 Å². The zero-order chi connectivity index (χ0) is 23.1. The third-order valence-electron chi connectivity index (χ3n) is 5.64. The predicted octanol–water partition coefficient (Wildman–Crippen LogP) is 5.76. The number of carboxylic acid groups (broad SMARTS) is 1. The van der Waals surface area contributed by atoms with E-state index in [0.717, 1.165) is 0 Å². The minimum Gasteiger partial charge on any atom is -0.481 e. The van der Waals surface area contributed by atoms with E-state index in [0.29, 0.717) is 56.4 Å². The monoisotopic (exact) mass is 486 g/mol. The lowest BCUT2D eigenvalue weighted by atomic mass is 9.80. The first-order valence-electron chi connectivity index (χ1n) is 10.2. The van der Waals surface area contributed by atoms with Crippen LogP contribution in [0.3, 0.4) is 0 Å². The number of aromatic amines is 1. The molecule has 168 valence electrons. The Hall–Kier alpha value is -3.23. The number of benzene rings is 2. The number of ether oxygens (including phenoxy) is 1. The average Bonchev–Trinajstić information content (AvgIpc) is 3.15. The van der Waals surface area contributed by atoms with Gasteiger partial charge in [0, 0.05) is 24.4 Å². The first-order valence-corrected chi connectivity index (χ1v) is 11.0. The third-order valence-corrected chi connectivity index (χ3v) is 6.36. The Morgan fingerprint density at radius 3 is 2.55 bits per heavy atom. The normalized spacial score (nSPS) is 17.7. The summed E-state index contributed by atoms with van der Waals surface area (Å²) in [5, 5.41) is 9.58. The standard InChI is InChI=1S/C23H17Cl2FN4O3/c24-16-7-19-20(8-17(16)25)30-22(29-19)15-2-1-12(6-18(15)26)13-9-27-23(28-10-13)33-14-3-11(4-14)5-21(31)32/h1-2,6-11,14H,3-5H2,(H,29,30)(H,31,32). The number of nitrogens with zero attached hydrogens (tertiary/aromatic N) is 3. The highest BCUT2D eigenvalue weighted by molar-refractivity contribution is 6.42. The van der Waals surface area contributed by atoms with Crippen LogP contribution in [-0.2, 0) is 4.79 Å². The Balaban J connectivity index is 1.30. The van der Waals surface area contributed by atoms with Crippen molar-refractivity contribution in [3.05, 3.63) is 58.6 Å². The van der Waals surface area contributed by atoms with Gasteiger partial charge in [-0.05, 0) is 48.6 Å². The van der Waals surface area contributed by atoms with Gasteiger partial charge in [-0.15, -0.1) is 0 Å². The summed E-state index contributed by atoms with van der Waals surface area (Å²) in [5.74, 6) is -0.752. The fourth-order valence-corrected chi connectivity index (χ4v) is 4.20. The molecule has 0 spiro atoms. The van der Waals surface area contributed by atoms with Crippen LogP contribution in [0.5, 0.6) is 6.01 Å². The quantitative estimate of drug-likeness (QED) is 0.359. The lowest BCUT2D eigenvalue weighted by Crippen LogP contribution is -2.35. The number of aliphatic carboxylic acids is 1. The van der Waals surface area contributed by atoms with Crippen LogP contribution in [-0.4, -0.2) is 37.1 Å². The molecule has 1 aliphatic rings. The maximum absolute atomic E-state index is 14.9. The molecule has 0 amide bonds. The van der Waals surface area contributed by atoms with Gasteiger partial charge < -0.3 is 14.8 Å². The molecule has 1 saturated carbocycles. The third kappa shape index (κ3) is 4.49. The van der Waals surface area contributed by atoms with Crippen LogP contribution in [0.4, 0.5) is 4.39 Å². The predicted molar refractivity (Wildman–Crippen MR) is 122 cm³/mol. The zero-order valence-electron chi connectivity index (χ0n) is 17.1. The summed E-state index contributed by atoms with van der Waals surface area (Å²) >= 11 is 12.1. The maximum Gasteiger partial charge on any atom is 0.316 e. The number of carboxylic acids is 1. The SMILES string of the molecule is O=C(O)CC1CC(Oc2ncc(-c3ccc(-c4nc5cc(Cl)c(Cl)cc5[nH]4)c(F)c3)cn2)C1. The minimum atomic E-state index is -0.800. The van der Waals surface area contributed by atoms with Gasteiger partial charge in [0.2, 0.25) is 0 Å². The van der Waals surface area contributed by atoms with Gasteiger partial charge in [0.25, 0.3) is 0 Å². The van der Waals surface area contributed by atoms with E-state index in [4.69, 9.17) is 33.0 Å². The van der Waals surface area contributed by atoms with Crippen LogP contribution in [0.25, 0.3) is 33.5 Å². The molecule has 2 heterocycles. The van der Waals surface area contributed by atoms with E-state index < -0.39 is 11.8 Å². The number of halogens is 3. The number of rotatable bonds is 6. The number of hydrogen-bond donors (Lipinski definition) is 2. The molecule has 0 aliphatic heterocycles. The Morgan fingerprint density at radius 2 is 1.85 bits per heavy atom. The minimum absolute atomic E-state index is 0.0782. The molecule has 0 radical (unpaired) electrons. The molecule has 10 heteroatoms. The number of imidazole rings is 1. The van der Waals surface area contributed by atoms with E-state index in [1.54, 1.807) is 36.7 Å². The second-order valence-electron chi connectivity index (χ2n) is 7.99. The molecule has 0 saturated heterocycles. The molecule has 1 aliphatic carbocycles. The highest BCUT2D eigenvalue weighted by Gasteiger charge is 2.32. The lowest BCUT2D eigenvalue weighted by Gasteiger charge is -2.33. The number of hydrogen-bond acceptors (Lipinski definition) is 5. The van der Waals surface area contributed by atoms with Crippen molar-refractivity contribution in [3.8, 4) is 28.5 Å². The van der Waals surface area contributed by atoms with Gasteiger partial charge in [0.15, 0.2) is 0 Å². The molecule has 33 heavy (non-hydrogen) atoms. The topological polar surface area (TPSA) is 101 Å². The molecule has 0 unspecified atom stereocenters. The van der Waals surface area contributed by atoms with E-state index in [2.05, 4.69) is 19.9 Å². The summed E-state index contributed by atoms with van der Waals surface area (Å²) in [5.41, 5.74) is 2.80. The van der Waals surface area contributed by atoms with Crippen molar-refractivity contribution in [2.75, 3.05) is 0 Å². The summed E-state index contributed by atoms with van der Waals surface area (Å²) < 4.78 is 20.6. The Bertz CT molecular complexity index is 1320. The summed E-state index contributed by atoms with van der Waals surface area (Å²) in [6.45, 7) is 0. The van der Waals surface area contributed by atoms with E-state index in [1.165, 1.54) is 6.07 Å². The molecule has 2 N–H and O–H groups in total. The summed E-state index contributed by atoms with van der Waals surface area (Å²) in [6.07, 6.45) is 4.54. The van der Waals surface area contributed by atoms with Gasteiger partial charge in [-0.3, -0.25) is 4.79 Å². The second-order valence-corrected chi connectivity index (χ2v) is 8.81. The van der Waals surface area contributed by atoms with E-state index >= 15 is 0 Å². The van der Waals surface area contributed by atoms with Gasteiger partial charge in [-0.1, -0.05) is 29.3 Å². The van der Waals surface area contributed by atoms with Gasteiger partial charge in [-0.25, -0.2) is 19.3 Å². The number of H-pyrrole nitrogens is 1. The van der Waals surface area contributed by atoms with E-state index in [-0.39, 0.29) is 24.5 Å². The number of fused-ring (bicyclic) bond motifs is 1. The van der Waals surface area contributed by atoms with E-state index in [1.807, 2.05) is 0 Å². The number of nitrogens with one attached hydrogen (secondary N) is 1. The number of aromatic nitrogens is 4. The fraction of sp³-hybridized carbons (Fsp3) is 0.217. The van der Waals surface area contributed by atoms with Crippen LogP contribution >= 0.6 is 23.2 Å². The highest BCUT2D eigenvalue weighted by Crippen LogP contribution is 2.34. The molecule has 1 fully saturated rings. The molecule has 4 aromatic rings. The highest BCUT2D eigenvalue weighted by atomic mass is 35.5. The van der Waals surface area contributed by atoms with Crippen molar-refractivity contribution in [1.29, 1.82) is 0 Å². The van der Waals surface area contributed by atoms with Crippen molar-refractivity contribution < 1.29 is 19.0 Å². The van der Waals surface area contributed by atoms with Crippen LogP contribution in [0.1, 0.15) is 19.3 Å². The molecule has 7 nitrogen and oxygen atoms in total. The molecule has 2 aromatic carbocycles. The summed E-state index contributed by atoms with van der Waals surface area (Å²) in [7, 11) is 0. The van der Waals surface area contributed by atoms with Gasteiger partial charge in [0.05, 0.1) is 26.6 Å². The molecule has 0 atom stereocenters. The van der Waals surface area contributed by atoms with Crippen molar-refractivity contribution >= 4 is 40.2 Å².